The molecule has 0 saturated carbocycles. The summed E-state index contributed by atoms with van der Waals surface area (Å²) in [5, 5.41) is 5.50. The lowest BCUT2D eigenvalue weighted by molar-refractivity contribution is -0.115. The summed E-state index contributed by atoms with van der Waals surface area (Å²) in [6.07, 6.45) is 1.91. The molecule has 0 aliphatic carbocycles. The van der Waals surface area contributed by atoms with Gasteiger partial charge in [-0.15, -0.1) is 11.3 Å². The van der Waals surface area contributed by atoms with Crippen molar-refractivity contribution in [3.63, 3.8) is 0 Å². The number of rotatable bonds is 3. The number of amidine groups is 1. The minimum absolute atomic E-state index is 0.0717. The molecule has 5 heteroatoms. The van der Waals surface area contributed by atoms with Crippen molar-refractivity contribution in [1.29, 1.82) is 0 Å². The molecule has 1 saturated heterocycles. The predicted octanol–water partition coefficient (Wildman–Crippen LogP) is 4.13. The monoisotopic (exact) mass is 328 g/mol. The van der Waals surface area contributed by atoms with E-state index in [0.717, 1.165) is 10.4 Å². The number of amides is 1. The Balaban J connectivity index is 1.72. The highest BCUT2D eigenvalue weighted by Gasteiger charge is 2.23. The zero-order valence-electron chi connectivity index (χ0n) is 12.4. The highest BCUT2D eigenvalue weighted by Crippen LogP contribution is 2.27. The largest absolute Gasteiger partial charge is 0.301 e. The second-order valence-corrected chi connectivity index (χ2v) is 7.21. The van der Waals surface area contributed by atoms with Crippen molar-refractivity contribution >= 4 is 40.2 Å². The summed E-state index contributed by atoms with van der Waals surface area (Å²) in [5.41, 5.74) is 3.63. The molecule has 1 N–H and O–H groups in total. The summed E-state index contributed by atoms with van der Waals surface area (Å²) in [7, 11) is 0. The highest BCUT2D eigenvalue weighted by molar-refractivity contribution is 8.18. The smallest absolute Gasteiger partial charge is 0.264 e. The van der Waals surface area contributed by atoms with E-state index in [1.165, 1.54) is 22.9 Å². The summed E-state index contributed by atoms with van der Waals surface area (Å²) < 4.78 is 0. The molecule has 2 aromatic rings. The first kappa shape index (κ1) is 15.1. The van der Waals surface area contributed by atoms with Crippen molar-refractivity contribution < 1.29 is 4.79 Å². The van der Waals surface area contributed by atoms with Gasteiger partial charge in [0.15, 0.2) is 5.17 Å². The van der Waals surface area contributed by atoms with Gasteiger partial charge in [-0.05, 0) is 48.7 Å². The Morgan fingerprint density at radius 1 is 1.23 bits per heavy atom. The van der Waals surface area contributed by atoms with Crippen LogP contribution in [0.15, 0.2) is 45.6 Å². The van der Waals surface area contributed by atoms with Crippen molar-refractivity contribution in [3.8, 4) is 0 Å². The molecule has 1 aromatic carbocycles. The average Bonchev–Trinajstić information content (AvgIpc) is 3.07. The van der Waals surface area contributed by atoms with Gasteiger partial charge in [0.2, 0.25) is 0 Å². The summed E-state index contributed by atoms with van der Waals surface area (Å²) in [4.78, 5) is 18.2. The molecule has 0 bridgehead atoms. The van der Waals surface area contributed by atoms with Crippen LogP contribution < -0.4 is 5.32 Å². The van der Waals surface area contributed by atoms with Gasteiger partial charge in [-0.25, -0.2) is 0 Å². The number of hydrogen-bond donors (Lipinski definition) is 1. The molecule has 1 aliphatic rings. The van der Waals surface area contributed by atoms with Crippen LogP contribution in [-0.4, -0.2) is 11.1 Å². The zero-order valence-corrected chi connectivity index (χ0v) is 14.1. The Kier molecular flexibility index (Phi) is 4.45. The molecule has 0 spiro atoms. The summed E-state index contributed by atoms with van der Waals surface area (Å²) in [6, 6.07) is 10.4. The molecule has 0 radical (unpaired) electrons. The van der Waals surface area contributed by atoms with Gasteiger partial charge in [-0.3, -0.25) is 9.79 Å². The molecule has 112 valence electrons. The lowest BCUT2D eigenvalue weighted by Crippen LogP contribution is -2.19. The zero-order chi connectivity index (χ0) is 15.5. The Morgan fingerprint density at radius 3 is 2.68 bits per heavy atom. The lowest BCUT2D eigenvalue weighted by atomic mass is 10.1. The van der Waals surface area contributed by atoms with E-state index < -0.39 is 0 Å². The Morgan fingerprint density at radius 2 is 2.00 bits per heavy atom. The number of hydrogen-bond acceptors (Lipinski definition) is 4. The van der Waals surface area contributed by atoms with Crippen molar-refractivity contribution in [2.45, 2.75) is 20.4 Å². The number of carbonyl (C=O) groups is 1. The van der Waals surface area contributed by atoms with Crippen LogP contribution in [0.1, 0.15) is 21.6 Å². The number of aliphatic imine (C=N–C) groups is 1. The third kappa shape index (κ3) is 3.67. The summed E-state index contributed by atoms with van der Waals surface area (Å²) >= 11 is 3.02. The second kappa shape index (κ2) is 6.50. The molecule has 1 aliphatic heterocycles. The van der Waals surface area contributed by atoms with Crippen LogP contribution in [0.5, 0.6) is 0 Å². The molecular formula is C17H16N2OS2. The average molecular weight is 328 g/mol. The van der Waals surface area contributed by atoms with Crippen LogP contribution in [-0.2, 0) is 11.3 Å². The maximum Gasteiger partial charge on any atom is 0.264 e. The first-order valence-corrected chi connectivity index (χ1v) is 8.66. The number of nitrogens with zero attached hydrogens (tertiary/aromatic N) is 1. The van der Waals surface area contributed by atoms with E-state index >= 15 is 0 Å². The first-order valence-electron chi connectivity index (χ1n) is 6.96. The number of thiophene rings is 1. The molecule has 2 heterocycles. The molecule has 0 unspecified atom stereocenters. The molecular weight excluding hydrogens is 312 g/mol. The van der Waals surface area contributed by atoms with Crippen LogP contribution >= 0.6 is 23.1 Å². The van der Waals surface area contributed by atoms with E-state index in [4.69, 9.17) is 0 Å². The lowest BCUT2D eigenvalue weighted by Gasteiger charge is -2.02. The fourth-order valence-electron chi connectivity index (χ4n) is 2.33. The van der Waals surface area contributed by atoms with Crippen molar-refractivity contribution in [1.82, 2.24) is 5.32 Å². The maximum atomic E-state index is 12.0. The Bertz CT molecular complexity index is 741. The highest BCUT2D eigenvalue weighted by atomic mass is 32.2. The summed E-state index contributed by atoms with van der Waals surface area (Å²) in [5.74, 6) is -0.0717. The Labute approximate surface area is 138 Å². The van der Waals surface area contributed by atoms with E-state index in [2.05, 4.69) is 42.4 Å². The van der Waals surface area contributed by atoms with Gasteiger partial charge in [0.1, 0.15) is 0 Å². The van der Waals surface area contributed by atoms with Crippen molar-refractivity contribution in [3.05, 3.63) is 62.2 Å². The number of nitrogens with one attached hydrogen (secondary N) is 1. The van der Waals surface area contributed by atoms with Crippen LogP contribution in [0.2, 0.25) is 0 Å². The van der Waals surface area contributed by atoms with Crippen molar-refractivity contribution in [2.75, 3.05) is 0 Å². The summed E-state index contributed by atoms with van der Waals surface area (Å²) in [6.45, 7) is 4.74. The fraction of sp³-hybridized carbons (Fsp3) is 0.176. The predicted molar refractivity (Wildman–Crippen MR) is 95.1 cm³/mol. The molecule has 1 amide bonds. The van der Waals surface area contributed by atoms with Gasteiger partial charge in [0.05, 0.1) is 11.4 Å². The fourth-order valence-corrected chi connectivity index (χ4v) is 3.87. The van der Waals surface area contributed by atoms with Gasteiger partial charge >= 0.3 is 0 Å². The van der Waals surface area contributed by atoms with E-state index in [1.54, 1.807) is 11.3 Å². The normalized spacial score (nSPS) is 18.2. The van der Waals surface area contributed by atoms with Gasteiger partial charge in [0.25, 0.3) is 5.91 Å². The molecule has 1 fully saturated rings. The quantitative estimate of drug-likeness (QED) is 0.861. The standard InChI is InChI=1S/C17H16N2OS2/c1-11-6-12(2)8-13(7-11)10-18-17-19-16(20)15(22-17)9-14-4-3-5-21-14/h3-9H,10H2,1-2H3,(H,18,19,20)/b15-9-. The molecule has 1 aromatic heterocycles. The van der Waals surface area contributed by atoms with Crippen LogP contribution in [0.3, 0.4) is 0 Å². The second-order valence-electron chi connectivity index (χ2n) is 5.20. The van der Waals surface area contributed by atoms with E-state index in [-0.39, 0.29) is 5.91 Å². The third-order valence-electron chi connectivity index (χ3n) is 3.15. The first-order chi connectivity index (χ1) is 10.6. The SMILES string of the molecule is Cc1cc(C)cc(CN=C2NC(=O)/C(=C/c3cccs3)S2)c1. The molecule has 3 nitrogen and oxygen atoms in total. The Hall–Kier alpha value is -1.85. The number of aryl methyl sites for hydroxylation is 2. The topological polar surface area (TPSA) is 41.5 Å². The number of carbonyl (C=O) groups excluding carboxylic acids is 1. The van der Waals surface area contributed by atoms with Crippen LogP contribution in [0, 0.1) is 13.8 Å². The molecule has 22 heavy (non-hydrogen) atoms. The van der Waals surface area contributed by atoms with Crippen LogP contribution in [0.25, 0.3) is 6.08 Å². The van der Waals surface area contributed by atoms with E-state index in [0.29, 0.717) is 16.6 Å². The molecule has 3 rings (SSSR count). The van der Waals surface area contributed by atoms with Gasteiger partial charge in [0, 0.05) is 4.88 Å². The van der Waals surface area contributed by atoms with E-state index in [1.807, 2.05) is 23.6 Å². The minimum Gasteiger partial charge on any atom is -0.301 e. The third-order valence-corrected chi connectivity index (χ3v) is 4.92. The van der Waals surface area contributed by atoms with Gasteiger partial charge in [-0.1, -0.05) is 35.4 Å². The maximum absolute atomic E-state index is 12.0. The van der Waals surface area contributed by atoms with Gasteiger partial charge < -0.3 is 5.32 Å². The van der Waals surface area contributed by atoms with Crippen LogP contribution in [0.4, 0.5) is 0 Å². The number of thioether (sulfide) groups is 1. The van der Waals surface area contributed by atoms with E-state index in [9.17, 15) is 4.79 Å². The van der Waals surface area contributed by atoms with Crippen molar-refractivity contribution in [2.24, 2.45) is 4.99 Å². The van der Waals surface area contributed by atoms with Gasteiger partial charge in [-0.2, -0.15) is 0 Å². The molecule has 0 atom stereocenters. The number of benzene rings is 1. The minimum atomic E-state index is -0.0717.